The van der Waals surface area contributed by atoms with E-state index < -0.39 is 4.92 Å². The molecule has 6 heteroatoms. The number of ketones is 1. The van der Waals surface area contributed by atoms with Gasteiger partial charge >= 0.3 is 0 Å². The summed E-state index contributed by atoms with van der Waals surface area (Å²) in [5.41, 5.74) is 1.46. The van der Waals surface area contributed by atoms with Crippen LogP contribution in [0.5, 0.6) is 0 Å². The molecule has 0 saturated heterocycles. The second-order valence-electron chi connectivity index (χ2n) is 4.41. The van der Waals surface area contributed by atoms with Gasteiger partial charge in [-0.2, -0.15) is 0 Å². The standard InChI is InChI=1S/C15H12ClNO3S/c1-10(18)11-3-2-4-14(7-11)21-9-12-5-6-13(17(19)20)8-15(12)16/h2-8H,9H2,1H3. The van der Waals surface area contributed by atoms with E-state index >= 15 is 0 Å². The topological polar surface area (TPSA) is 60.2 Å². The van der Waals surface area contributed by atoms with Crippen LogP contribution < -0.4 is 0 Å². The average molecular weight is 322 g/mol. The number of rotatable bonds is 5. The zero-order valence-electron chi connectivity index (χ0n) is 11.2. The van der Waals surface area contributed by atoms with Crippen molar-refractivity contribution in [2.75, 3.05) is 0 Å². The van der Waals surface area contributed by atoms with Crippen molar-refractivity contribution >= 4 is 34.8 Å². The first-order chi connectivity index (χ1) is 9.97. The maximum Gasteiger partial charge on any atom is 0.270 e. The number of non-ortho nitro benzene ring substituents is 1. The highest BCUT2D eigenvalue weighted by molar-refractivity contribution is 7.98. The lowest BCUT2D eigenvalue weighted by molar-refractivity contribution is -0.384. The number of hydrogen-bond acceptors (Lipinski definition) is 4. The summed E-state index contributed by atoms with van der Waals surface area (Å²) in [7, 11) is 0. The molecule has 2 aromatic rings. The Labute approximate surface area is 131 Å². The van der Waals surface area contributed by atoms with Gasteiger partial charge in [0.2, 0.25) is 0 Å². The third-order valence-corrected chi connectivity index (χ3v) is 4.28. The predicted molar refractivity (Wildman–Crippen MR) is 84.1 cm³/mol. The molecule has 0 spiro atoms. The fraction of sp³-hybridized carbons (Fsp3) is 0.133. The van der Waals surface area contributed by atoms with Crippen LogP contribution in [0.4, 0.5) is 5.69 Å². The van der Waals surface area contributed by atoms with Crippen LogP contribution in [0.3, 0.4) is 0 Å². The van der Waals surface area contributed by atoms with Gasteiger partial charge in [-0.25, -0.2) is 0 Å². The van der Waals surface area contributed by atoms with Crippen LogP contribution in [-0.2, 0) is 5.75 Å². The number of nitrogens with zero attached hydrogens (tertiary/aromatic N) is 1. The van der Waals surface area contributed by atoms with Crippen molar-refractivity contribution in [1.29, 1.82) is 0 Å². The van der Waals surface area contributed by atoms with Crippen molar-refractivity contribution in [2.45, 2.75) is 17.6 Å². The average Bonchev–Trinajstić information content (AvgIpc) is 2.46. The fourth-order valence-corrected chi connectivity index (χ4v) is 3.01. The molecule has 0 heterocycles. The highest BCUT2D eigenvalue weighted by Gasteiger charge is 2.10. The molecule has 0 atom stereocenters. The van der Waals surface area contributed by atoms with Crippen LogP contribution in [0.15, 0.2) is 47.4 Å². The number of hydrogen-bond donors (Lipinski definition) is 0. The molecule has 0 unspecified atom stereocenters. The number of carbonyl (C=O) groups excluding carboxylic acids is 1. The Bertz CT molecular complexity index is 703. The predicted octanol–water partition coefficient (Wildman–Crippen LogP) is 4.74. The maximum absolute atomic E-state index is 11.3. The molecule has 0 bridgehead atoms. The number of thioether (sulfide) groups is 1. The fourth-order valence-electron chi connectivity index (χ4n) is 1.73. The molecule has 0 amide bonds. The molecule has 0 aliphatic heterocycles. The van der Waals surface area contributed by atoms with Crippen molar-refractivity contribution < 1.29 is 9.72 Å². The lowest BCUT2D eigenvalue weighted by Crippen LogP contribution is -1.92. The zero-order chi connectivity index (χ0) is 15.4. The minimum absolute atomic E-state index is 0.0193. The molecule has 0 N–H and O–H groups in total. The van der Waals surface area contributed by atoms with E-state index in [1.807, 2.05) is 18.2 Å². The van der Waals surface area contributed by atoms with Crippen molar-refractivity contribution in [3.63, 3.8) is 0 Å². The Kier molecular flexibility index (Phi) is 4.98. The molecule has 2 aromatic carbocycles. The van der Waals surface area contributed by atoms with Gasteiger partial charge in [0.05, 0.1) is 9.95 Å². The molecule has 0 radical (unpaired) electrons. The summed E-state index contributed by atoms with van der Waals surface area (Å²) < 4.78 is 0. The Morgan fingerprint density at radius 1 is 1.29 bits per heavy atom. The Morgan fingerprint density at radius 2 is 2.05 bits per heavy atom. The van der Waals surface area contributed by atoms with E-state index in [1.165, 1.54) is 30.8 Å². The Balaban J connectivity index is 2.11. The van der Waals surface area contributed by atoms with Crippen molar-refractivity contribution in [2.24, 2.45) is 0 Å². The van der Waals surface area contributed by atoms with Crippen LogP contribution in [0, 0.1) is 10.1 Å². The van der Waals surface area contributed by atoms with Gasteiger partial charge < -0.3 is 0 Å². The van der Waals surface area contributed by atoms with Crippen molar-refractivity contribution in [1.82, 2.24) is 0 Å². The van der Waals surface area contributed by atoms with Crippen molar-refractivity contribution in [3.8, 4) is 0 Å². The minimum Gasteiger partial charge on any atom is -0.295 e. The normalized spacial score (nSPS) is 10.4. The van der Waals surface area contributed by atoms with Gasteiger partial charge in [-0.05, 0) is 30.7 Å². The van der Waals surface area contributed by atoms with Crippen molar-refractivity contribution in [3.05, 3.63) is 68.7 Å². The highest BCUT2D eigenvalue weighted by atomic mass is 35.5. The largest absolute Gasteiger partial charge is 0.295 e. The number of nitro groups is 1. The van der Waals surface area contributed by atoms with Crippen LogP contribution in [0.1, 0.15) is 22.8 Å². The first-order valence-corrected chi connectivity index (χ1v) is 7.50. The second-order valence-corrected chi connectivity index (χ2v) is 5.86. The van der Waals surface area contributed by atoms with Gasteiger partial charge in [0, 0.05) is 28.3 Å². The summed E-state index contributed by atoms with van der Waals surface area (Å²) in [5, 5.41) is 11.0. The molecule has 21 heavy (non-hydrogen) atoms. The molecule has 108 valence electrons. The summed E-state index contributed by atoms with van der Waals surface area (Å²) in [5.74, 6) is 0.601. The number of benzene rings is 2. The van der Waals surface area contributed by atoms with Crippen LogP contribution in [0.25, 0.3) is 0 Å². The zero-order valence-corrected chi connectivity index (χ0v) is 12.8. The van der Waals surface area contributed by atoms with Gasteiger partial charge in [-0.3, -0.25) is 14.9 Å². The minimum atomic E-state index is -0.473. The molecule has 2 rings (SSSR count). The van der Waals surface area contributed by atoms with E-state index in [1.54, 1.807) is 12.1 Å². The monoisotopic (exact) mass is 321 g/mol. The van der Waals surface area contributed by atoms with Gasteiger partial charge in [0.1, 0.15) is 0 Å². The molecular formula is C15H12ClNO3S. The second kappa shape index (κ2) is 6.74. The summed E-state index contributed by atoms with van der Waals surface area (Å²) >= 11 is 7.58. The highest BCUT2D eigenvalue weighted by Crippen LogP contribution is 2.29. The number of halogens is 1. The SMILES string of the molecule is CC(=O)c1cccc(SCc2ccc([N+](=O)[O-])cc2Cl)c1. The summed E-state index contributed by atoms with van der Waals surface area (Å²) in [6.07, 6.45) is 0. The van der Waals surface area contributed by atoms with Crippen LogP contribution >= 0.6 is 23.4 Å². The quantitative estimate of drug-likeness (QED) is 0.345. The third kappa shape index (κ3) is 4.06. The summed E-state index contributed by atoms with van der Waals surface area (Å²) in [4.78, 5) is 22.5. The Morgan fingerprint density at radius 3 is 2.67 bits per heavy atom. The first kappa shape index (κ1) is 15.5. The van der Waals surface area contributed by atoms with Crippen LogP contribution in [0.2, 0.25) is 5.02 Å². The number of carbonyl (C=O) groups is 1. The lowest BCUT2D eigenvalue weighted by Gasteiger charge is -2.05. The molecular weight excluding hydrogens is 310 g/mol. The summed E-state index contributed by atoms with van der Waals surface area (Å²) in [6.45, 7) is 1.52. The molecule has 0 aliphatic rings. The third-order valence-electron chi connectivity index (χ3n) is 2.88. The van der Waals surface area contributed by atoms with E-state index in [-0.39, 0.29) is 11.5 Å². The molecule has 4 nitrogen and oxygen atoms in total. The van der Waals surface area contributed by atoms with Gasteiger partial charge in [0.25, 0.3) is 5.69 Å². The van der Waals surface area contributed by atoms with E-state index in [4.69, 9.17) is 11.6 Å². The maximum atomic E-state index is 11.3. The van der Waals surface area contributed by atoms with Gasteiger partial charge in [0.15, 0.2) is 5.78 Å². The van der Waals surface area contributed by atoms with Gasteiger partial charge in [-0.1, -0.05) is 23.7 Å². The first-order valence-electron chi connectivity index (χ1n) is 6.14. The van der Waals surface area contributed by atoms with E-state index in [0.717, 1.165) is 10.5 Å². The summed E-state index contributed by atoms with van der Waals surface area (Å²) in [6, 6.07) is 11.8. The number of Topliss-reactive ketones (excluding diaryl/α,β-unsaturated/α-hetero) is 1. The number of nitro benzene ring substituents is 1. The lowest BCUT2D eigenvalue weighted by atomic mass is 10.2. The van der Waals surface area contributed by atoms with E-state index in [2.05, 4.69) is 0 Å². The Hall–Kier alpha value is -1.85. The molecule has 0 saturated carbocycles. The molecule has 0 aliphatic carbocycles. The van der Waals surface area contributed by atoms with E-state index in [0.29, 0.717) is 16.3 Å². The molecule has 0 aromatic heterocycles. The van der Waals surface area contributed by atoms with E-state index in [9.17, 15) is 14.9 Å². The molecule has 0 fully saturated rings. The smallest absolute Gasteiger partial charge is 0.270 e. The van der Waals surface area contributed by atoms with Gasteiger partial charge in [-0.15, -0.1) is 11.8 Å². The van der Waals surface area contributed by atoms with Crippen LogP contribution in [-0.4, -0.2) is 10.7 Å².